The highest BCUT2D eigenvalue weighted by Gasteiger charge is 2.27. The summed E-state index contributed by atoms with van der Waals surface area (Å²) in [5.41, 5.74) is 9.95. The lowest BCUT2D eigenvalue weighted by molar-refractivity contribution is -0.124. The number of nitrogens with one attached hydrogen (secondary N) is 2. The van der Waals surface area contributed by atoms with Crippen molar-refractivity contribution in [3.63, 3.8) is 0 Å². The van der Waals surface area contributed by atoms with Gasteiger partial charge in [0, 0.05) is 38.1 Å². The fraction of sp³-hybridized carbons (Fsp3) is 0.344. The second-order valence-corrected chi connectivity index (χ2v) is 10.5. The lowest BCUT2D eigenvalue weighted by Crippen LogP contribution is -2.46. The van der Waals surface area contributed by atoms with Gasteiger partial charge in [-0.1, -0.05) is 49.4 Å². The van der Waals surface area contributed by atoms with Gasteiger partial charge in [0.1, 0.15) is 11.6 Å². The van der Waals surface area contributed by atoms with E-state index in [1.54, 1.807) is 36.4 Å². The molecule has 0 fully saturated rings. The lowest BCUT2D eigenvalue weighted by atomic mass is 9.94. The number of aryl methyl sites for hydroxylation is 2. The molecule has 0 bridgehead atoms. The Kier molecular flexibility index (Phi) is 11.4. The van der Waals surface area contributed by atoms with Gasteiger partial charge in [-0.25, -0.2) is 9.18 Å². The summed E-state index contributed by atoms with van der Waals surface area (Å²) in [7, 11) is 0. The van der Waals surface area contributed by atoms with E-state index in [0.717, 1.165) is 27.2 Å². The predicted molar refractivity (Wildman–Crippen MR) is 158 cm³/mol. The van der Waals surface area contributed by atoms with Crippen LogP contribution in [-0.2, 0) is 16.1 Å². The monoisotopic (exact) mass is 578 g/mol. The van der Waals surface area contributed by atoms with Gasteiger partial charge >= 0.3 is 6.09 Å². The van der Waals surface area contributed by atoms with Crippen molar-refractivity contribution < 1.29 is 29.0 Å². The molecule has 224 valence electrons. The molecular weight excluding hydrogens is 539 g/mol. The molecule has 42 heavy (non-hydrogen) atoms. The van der Waals surface area contributed by atoms with Crippen LogP contribution in [0.15, 0.2) is 66.7 Å². The molecule has 10 heteroatoms. The van der Waals surface area contributed by atoms with E-state index < -0.39 is 35.8 Å². The van der Waals surface area contributed by atoms with Crippen molar-refractivity contribution in [1.29, 1.82) is 0 Å². The molecule has 3 unspecified atom stereocenters. The summed E-state index contributed by atoms with van der Waals surface area (Å²) in [6, 6.07) is 16.7. The van der Waals surface area contributed by atoms with Crippen LogP contribution in [0.2, 0.25) is 0 Å². The highest BCUT2D eigenvalue weighted by atomic mass is 19.1. The number of carboxylic acid groups (broad SMARTS) is 1. The molecular formula is C32H39FN4O5. The van der Waals surface area contributed by atoms with Crippen LogP contribution >= 0.6 is 0 Å². The van der Waals surface area contributed by atoms with Crippen molar-refractivity contribution in [2.45, 2.75) is 58.2 Å². The average molecular weight is 579 g/mol. The van der Waals surface area contributed by atoms with E-state index >= 15 is 0 Å². The van der Waals surface area contributed by atoms with Crippen molar-refractivity contribution in [1.82, 2.24) is 15.5 Å². The maximum Gasteiger partial charge on any atom is 0.407 e. The van der Waals surface area contributed by atoms with Crippen molar-refractivity contribution in [3.05, 3.63) is 100 Å². The number of rotatable bonds is 13. The number of amides is 3. The van der Waals surface area contributed by atoms with Crippen molar-refractivity contribution in [2.24, 2.45) is 5.73 Å². The van der Waals surface area contributed by atoms with Gasteiger partial charge in [0.05, 0.1) is 5.92 Å². The zero-order valence-electron chi connectivity index (χ0n) is 24.1. The molecule has 3 amide bonds. The Hall–Kier alpha value is -4.44. The summed E-state index contributed by atoms with van der Waals surface area (Å²) in [5, 5.41) is 25.4. The standard InChI is InChI=1S/C32H39FN4O5/c1-4-25(36-29(39)16-28(34)30-20(2)14-26(38)15-21(30)3)17-35-31(40)27(23-10-12-24(33)13-11-23)19-37(32(41)42)18-22-8-6-5-7-9-22/h5-15,25,27-28,38H,4,16-19,34H2,1-3H3,(H,35,40)(H,36,39)(H,41,42). The maximum atomic E-state index is 13.6. The van der Waals surface area contributed by atoms with E-state index in [-0.39, 0.29) is 37.7 Å². The van der Waals surface area contributed by atoms with E-state index in [4.69, 9.17) is 5.73 Å². The van der Waals surface area contributed by atoms with Crippen LogP contribution in [0.5, 0.6) is 5.75 Å². The molecule has 0 saturated carbocycles. The van der Waals surface area contributed by atoms with Gasteiger partial charge in [0.25, 0.3) is 0 Å². The predicted octanol–water partition coefficient (Wildman–Crippen LogP) is 4.51. The minimum absolute atomic E-state index is 0.0160. The number of hydrogen-bond acceptors (Lipinski definition) is 5. The number of carbonyl (C=O) groups excluding carboxylic acids is 2. The van der Waals surface area contributed by atoms with E-state index in [1.807, 2.05) is 26.8 Å². The molecule has 0 saturated heterocycles. The number of halogens is 1. The molecule has 3 atom stereocenters. The third-order valence-electron chi connectivity index (χ3n) is 7.21. The lowest BCUT2D eigenvalue weighted by Gasteiger charge is -2.26. The van der Waals surface area contributed by atoms with Gasteiger partial charge < -0.3 is 31.5 Å². The van der Waals surface area contributed by atoms with Crippen molar-refractivity contribution in [3.8, 4) is 5.75 Å². The summed E-state index contributed by atoms with van der Waals surface area (Å²) in [6.45, 7) is 5.56. The van der Waals surface area contributed by atoms with E-state index in [2.05, 4.69) is 10.6 Å². The summed E-state index contributed by atoms with van der Waals surface area (Å²) in [4.78, 5) is 39.5. The molecule has 3 aromatic rings. The van der Waals surface area contributed by atoms with Crippen molar-refractivity contribution in [2.75, 3.05) is 13.1 Å². The van der Waals surface area contributed by atoms with E-state index in [0.29, 0.717) is 12.0 Å². The first-order valence-corrected chi connectivity index (χ1v) is 13.9. The Morgan fingerprint density at radius 2 is 1.62 bits per heavy atom. The molecule has 0 spiro atoms. The number of carbonyl (C=O) groups is 3. The third-order valence-corrected chi connectivity index (χ3v) is 7.21. The van der Waals surface area contributed by atoms with Gasteiger partial charge in [-0.15, -0.1) is 0 Å². The van der Waals surface area contributed by atoms with Gasteiger partial charge in [-0.2, -0.15) is 0 Å². The normalized spacial score (nSPS) is 13.1. The smallest absolute Gasteiger partial charge is 0.407 e. The first-order valence-electron chi connectivity index (χ1n) is 13.9. The number of hydrogen-bond donors (Lipinski definition) is 5. The highest BCUT2D eigenvalue weighted by Crippen LogP contribution is 2.27. The molecule has 3 aromatic carbocycles. The average Bonchev–Trinajstić information content (AvgIpc) is 2.93. The van der Waals surface area contributed by atoms with Crippen LogP contribution in [0.3, 0.4) is 0 Å². The summed E-state index contributed by atoms with van der Waals surface area (Å²) >= 11 is 0. The van der Waals surface area contributed by atoms with Gasteiger partial charge in [-0.3, -0.25) is 9.59 Å². The first kappa shape index (κ1) is 32.1. The minimum Gasteiger partial charge on any atom is -0.508 e. The first-order chi connectivity index (χ1) is 20.0. The Morgan fingerprint density at radius 3 is 2.19 bits per heavy atom. The summed E-state index contributed by atoms with van der Waals surface area (Å²) in [5.74, 6) is -1.97. The fourth-order valence-electron chi connectivity index (χ4n) is 5.04. The van der Waals surface area contributed by atoms with Gasteiger partial charge in [0.2, 0.25) is 11.8 Å². The zero-order valence-corrected chi connectivity index (χ0v) is 24.1. The molecule has 0 aliphatic rings. The number of aromatic hydroxyl groups is 1. The van der Waals surface area contributed by atoms with Crippen LogP contribution < -0.4 is 16.4 Å². The highest BCUT2D eigenvalue weighted by molar-refractivity contribution is 5.84. The van der Waals surface area contributed by atoms with Gasteiger partial charge in [-0.05, 0) is 72.4 Å². The van der Waals surface area contributed by atoms with Crippen LogP contribution in [0, 0.1) is 19.7 Å². The molecule has 0 aromatic heterocycles. The number of nitrogens with zero attached hydrogens (tertiary/aromatic N) is 1. The summed E-state index contributed by atoms with van der Waals surface area (Å²) < 4.78 is 13.6. The second-order valence-electron chi connectivity index (χ2n) is 10.5. The molecule has 0 heterocycles. The number of benzene rings is 3. The quantitative estimate of drug-likeness (QED) is 0.202. The fourth-order valence-corrected chi connectivity index (χ4v) is 5.04. The van der Waals surface area contributed by atoms with Crippen molar-refractivity contribution >= 4 is 17.9 Å². The Morgan fingerprint density at radius 1 is 1.00 bits per heavy atom. The second kappa shape index (κ2) is 15.0. The van der Waals surface area contributed by atoms with Crippen LogP contribution in [0.25, 0.3) is 0 Å². The van der Waals surface area contributed by atoms with Crippen LogP contribution in [-0.4, -0.2) is 52.2 Å². The van der Waals surface area contributed by atoms with E-state index in [9.17, 15) is 29.0 Å². The molecule has 3 rings (SSSR count). The number of phenols is 1. The Labute approximate surface area is 245 Å². The molecule has 9 nitrogen and oxygen atoms in total. The number of phenolic OH excluding ortho intramolecular Hbond substituents is 1. The zero-order chi connectivity index (χ0) is 30.8. The largest absolute Gasteiger partial charge is 0.508 e. The molecule has 0 aliphatic carbocycles. The minimum atomic E-state index is -1.19. The maximum absolute atomic E-state index is 13.6. The Balaban J connectivity index is 1.68. The number of nitrogens with two attached hydrogens (primary N) is 1. The molecule has 6 N–H and O–H groups in total. The third kappa shape index (κ3) is 9.04. The van der Waals surface area contributed by atoms with Crippen LogP contribution in [0.1, 0.15) is 59.5 Å². The molecule has 0 radical (unpaired) electrons. The summed E-state index contributed by atoms with van der Waals surface area (Å²) in [6.07, 6.45) is -0.648. The SMILES string of the molecule is CCC(CNC(=O)C(CN(Cc1ccccc1)C(=O)O)c1ccc(F)cc1)NC(=O)CC(N)c1c(C)cc(O)cc1C. The Bertz CT molecular complexity index is 1340. The van der Waals surface area contributed by atoms with Crippen LogP contribution in [0.4, 0.5) is 9.18 Å². The topological polar surface area (TPSA) is 145 Å². The van der Waals surface area contributed by atoms with Gasteiger partial charge in [0.15, 0.2) is 0 Å². The van der Waals surface area contributed by atoms with E-state index in [1.165, 1.54) is 24.3 Å². The molecule has 0 aliphatic heterocycles.